The SMILES string of the molecule is CC1CCCCC1CON. The minimum Gasteiger partial charge on any atom is -0.304 e. The molecule has 2 unspecified atom stereocenters. The zero-order chi connectivity index (χ0) is 7.40. The highest BCUT2D eigenvalue weighted by molar-refractivity contribution is 4.71. The lowest BCUT2D eigenvalue weighted by Crippen LogP contribution is -2.23. The van der Waals surface area contributed by atoms with Crippen LogP contribution >= 0.6 is 0 Å². The summed E-state index contributed by atoms with van der Waals surface area (Å²) in [6.07, 6.45) is 5.41. The summed E-state index contributed by atoms with van der Waals surface area (Å²) in [4.78, 5) is 4.65. The first-order chi connectivity index (χ1) is 4.84. The topological polar surface area (TPSA) is 35.2 Å². The zero-order valence-electron chi connectivity index (χ0n) is 6.68. The lowest BCUT2D eigenvalue weighted by Gasteiger charge is -2.27. The van der Waals surface area contributed by atoms with Crippen molar-refractivity contribution in [1.29, 1.82) is 0 Å². The van der Waals surface area contributed by atoms with Crippen molar-refractivity contribution in [2.45, 2.75) is 32.6 Å². The fourth-order valence-electron chi connectivity index (χ4n) is 1.76. The normalized spacial score (nSPS) is 34.2. The Morgan fingerprint density at radius 3 is 2.70 bits per heavy atom. The summed E-state index contributed by atoms with van der Waals surface area (Å²) >= 11 is 0. The zero-order valence-corrected chi connectivity index (χ0v) is 6.68. The molecule has 0 bridgehead atoms. The van der Waals surface area contributed by atoms with Crippen LogP contribution in [0.3, 0.4) is 0 Å². The Balaban J connectivity index is 2.25. The van der Waals surface area contributed by atoms with Crippen LogP contribution in [0.4, 0.5) is 0 Å². The number of rotatable bonds is 2. The molecule has 2 heteroatoms. The van der Waals surface area contributed by atoms with Gasteiger partial charge >= 0.3 is 0 Å². The van der Waals surface area contributed by atoms with E-state index in [0.29, 0.717) is 0 Å². The van der Waals surface area contributed by atoms with Gasteiger partial charge in [-0.2, -0.15) is 0 Å². The van der Waals surface area contributed by atoms with Gasteiger partial charge in [0.05, 0.1) is 6.61 Å². The summed E-state index contributed by atoms with van der Waals surface area (Å²) < 4.78 is 0. The molecule has 1 saturated carbocycles. The molecule has 1 fully saturated rings. The minimum atomic E-state index is 0.721. The van der Waals surface area contributed by atoms with Gasteiger partial charge in [0.1, 0.15) is 0 Å². The second-order valence-electron chi connectivity index (χ2n) is 3.36. The van der Waals surface area contributed by atoms with Crippen LogP contribution in [-0.2, 0) is 4.84 Å². The highest BCUT2D eigenvalue weighted by Crippen LogP contribution is 2.29. The molecular weight excluding hydrogens is 126 g/mol. The van der Waals surface area contributed by atoms with Gasteiger partial charge in [-0.1, -0.05) is 26.2 Å². The van der Waals surface area contributed by atoms with Crippen LogP contribution in [0.1, 0.15) is 32.6 Å². The van der Waals surface area contributed by atoms with Crippen molar-refractivity contribution < 1.29 is 4.84 Å². The molecule has 2 atom stereocenters. The van der Waals surface area contributed by atoms with Gasteiger partial charge in [-0.05, 0) is 18.3 Å². The van der Waals surface area contributed by atoms with Gasteiger partial charge in [0.25, 0.3) is 0 Å². The average molecular weight is 143 g/mol. The molecule has 1 aliphatic rings. The monoisotopic (exact) mass is 143 g/mol. The summed E-state index contributed by atoms with van der Waals surface area (Å²) in [6.45, 7) is 3.05. The quantitative estimate of drug-likeness (QED) is 0.597. The maximum Gasteiger partial charge on any atom is 0.0709 e. The third kappa shape index (κ3) is 1.96. The maximum atomic E-state index is 5.02. The molecular formula is C8H17NO. The predicted octanol–water partition coefficient (Wildman–Crippen LogP) is 1.70. The Hall–Kier alpha value is -0.0800. The molecule has 0 saturated heterocycles. The van der Waals surface area contributed by atoms with Crippen LogP contribution in [0.15, 0.2) is 0 Å². The number of hydrogen-bond acceptors (Lipinski definition) is 2. The molecule has 0 aliphatic heterocycles. The Morgan fingerprint density at radius 2 is 2.10 bits per heavy atom. The van der Waals surface area contributed by atoms with E-state index in [0.717, 1.165) is 18.4 Å². The first kappa shape index (κ1) is 8.02. The van der Waals surface area contributed by atoms with E-state index in [9.17, 15) is 0 Å². The van der Waals surface area contributed by atoms with E-state index in [1.165, 1.54) is 25.7 Å². The highest BCUT2D eigenvalue weighted by atomic mass is 16.6. The summed E-state index contributed by atoms with van der Waals surface area (Å²) in [6, 6.07) is 0. The Bertz CT molecular complexity index is 93.3. The van der Waals surface area contributed by atoms with Crippen LogP contribution < -0.4 is 5.90 Å². The van der Waals surface area contributed by atoms with E-state index in [1.807, 2.05) is 0 Å². The highest BCUT2D eigenvalue weighted by Gasteiger charge is 2.20. The van der Waals surface area contributed by atoms with Crippen LogP contribution in [0.5, 0.6) is 0 Å². The molecule has 0 amide bonds. The molecule has 10 heavy (non-hydrogen) atoms. The summed E-state index contributed by atoms with van der Waals surface area (Å²) in [7, 11) is 0. The smallest absolute Gasteiger partial charge is 0.0709 e. The van der Waals surface area contributed by atoms with Crippen molar-refractivity contribution in [2.75, 3.05) is 6.61 Å². The largest absolute Gasteiger partial charge is 0.304 e. The lowest BCUT2D eigenvalue weighted by atomic mass is 9.81. The Labute approximate surface area is 62.7 Å². The molecule has 2 nitrogen and oxygen atoms in total. The number of nitrogens with two attached hydrogens (primary N) is 1. The molecule has 2 N–H and O–H groups in total. The van der Waals surface area contributed by atoms with Gasteiger partial charge in [-0.15, -0.1) is 0 Å². The van der Waals surface area contributed by atoms with Crippen molar-refractivity contribution >= 4 is 0 Å². The van der Waals surface area contributed by atoms with Crippen LogP contribution in [0.25, 0.3) is 0 Å². The molecule has 0 aromatic heterocycles. The molecule has 0 radical (unpaired) electrons. The Morgan fingerprint density at radius 1 is 1.40 bits per heavy atom. The van der Waals surface area contributed by atoms with Gasteiger partial charge in [-0.3, -0.25) is 0 Å². The third-order valence-corrected chi connectivity index (χ3v) is 2.60. The third-order valence-electron chi connectivity index (χ3n) is 2.60. The van der Waals surface area contributed by atoms with Crippen molar-refractivity contribution in [3.8, 4) is 0 Å². The standard InChI is InChI=1S/C8H17NO/c1-7-4-2-3-5-8(7)6-10-9/h7-8H,2-6,9H2,1H3. The first-order valence-corrected chi connectivity index (χ1v) is 4.16. The number of hydrogen-bond donors (Lipinski definition) is 1. The first-order valence-electron chi connectivity index (χ1n) is 4.16. The van der Waals surface area contributed by atoms with Gasteiger partial charge in [0.15, 0.2) is 0 Å². The molecule has 1 rings (SSSR count). The molecule has 0 aromatic carbocycles. The van der Waals surface area contributed by atoms with Gasteiger partial charge in [0, 0.05) is 0 Å². The van der Waals surface area contributed by atoms with Crippen LogP contribution in [0.2, 0.25) is 0 Å². The minimum absolute atomic E-state index is 0.721. The van der Waals surface area contributed by atoms with Crippen LogP contribution in [-0.4, -0.2) is 6.61 Å². The maximum absolute atomic E-state index is 5.02. The fraction of sp³-hybridized carbons (Fsp3) is 1.00. The van der Waals surface area contributed by atoms with E-state index in [2.05, 4.69) is 11.8 Å². The van der Waals surface area contributed by atoms with E-state index in [4.69, 9.17) is 5.90 Å². The molecule has 0 aromatic rings. The lowest BCUT2D eigenvalue weighted by molar-refractivity contribution is 0.0640. The van der Waals surface area contributed by atoms with Gasteiger partial charge < -0.3 is 4.84 Å². The molecule has 1 aliphatic carbocycles. The average Bonchev–Trinajstić information content (AvgIpc) is 1.94. The second-order valence-corrected chi connectivity index (χ2v) is 3.36. The van der Waals surface area contributed by atoms with Crippen molar-refractivity contribution in [3.05, 3.63) is 0 Å². The molecule has 60 valence electrons. The van der Waals surface area contributed by atoms with Crippen LogP contribution in [0, 0.1) is 11.8 Å². The second kappa shape index (κ2) is 3.94. The molecule has 0 heterocycles. The van der Waals surface area contributed by atoms with Gasteiger partial charge in [0.2, 0.25) is 0 Å². The molecule has 0 spiro atoms. The van der Waals surface area contributed by atoms with E-state index in [1.54, 1.807) is 0 Å². The fourth-order valence-corrected chi connectivity index (χ4v) is 1.76. The summed E-state index contributed by atoms with van der Waals surface area (Å²) in [5.74, 6) is 6.56. The summed E-state index contributed by atoms with van der Waals surface area (Å²) in [5.41, 5.74) is 0. The van der Waals surface area contributed by atoms with Crippen molar-refractivity contribution in [1.82, 2.24) is 0 Å². The van der Waals surface area contributed by atoms with Crippen molar-refractivity contribution in [2.24, 2.45) is 17.7 Å². The van der Waals surface area contributed by atoms with Gasteiger partial charge in [-0.25, -0.2) is 5.90 Å². The summed E-state index contributed by atoms with van der Waals surface area (Å²) in [5, 5.41) is 0. The predicted molar refractivity (Wildman–Crippen MR) is 41.3 cm³/mol. The van der Waals surface area contributed by atoms with E-state index in [-0.39, 0.29) is 0 Å². The van der Waals surface area contributed by atoms with E-state index >= 15 is 0 Å². The Kier molecular flexibility index (Phi) is 3.16. The van der Waals surface area contributed by atoms with E-state index < -0.39 is 0 Å². The van der Waals surface area contributed by atoms with Crippen molar-refractivity contribution in [3.63, 3.8) is 0 Å².